The van der Waals surface area contributed by atoms with E-state index in [0.29, 0.717) is 5.13 Å². The molecule has 108 valence electrons. The lowest BCUT2D eigenvalue weighted by molar-refractivity contribution is -0.115. The standard InChI is InChI=1S/C15H14FN3OS/c1-8-7-21-15(17-8)19-14(20)6-11-9(2)18-13-4-3-10(16)5-12(11)13/h3-5,7,18H,6H2,1-2H3,(H,17,19,20). The van der Waals surface area contributed by atoms with Gasteiger partial charge in [0.2, 0.25) is 5.91 Å². The smallest absolute Gasteiger partial charge is 0.230 e. The number of nitrogens with zero attached hydrogens (tertiary/aromatic N) is 1. The van der Waals surface area contributed by atoms with Crippen molar-refractivity contribution < 1.29 is 9.18 Å². The van der Waals surface area contributed by atoms with Crippen LogP contribution in [-0.2, 0) is 11.2 Å². The lowest BCUT2D eigenvalue weighted by atomic mass is 10.1. The number of aryl methyl sites for hydroxylation is 2. The summed E-state index contributed by atoms with van der Waals surface area (Å²) in [5.74, 6) is -0.462. The summed E-state index contributed by atoms with van der Waals surface area (Å²) in [4.78, 5) is 19.5. The lowest BCUT2D eigenvalue weighted by Crippen LogP contribution is -2.14. The van der Waals surface area contributed by atoms with Crippen molar-refractivity contribution in [3.05, 3.63) is 46.3 Å². The molecule has 0 fully saturated rings. The zero-order chi connectivity index (χ0) is 15.0. The Bertz CT molecular complexity index is 822. The quantitative estimate of drug-likeness (QED) is 0.777. The molecule has 0 radical (unpaired) electrons. The Labute approximate surface area is 125 Å². The first-order chi connectivity index (χ1) is 10.0. The minimum Gasteiger partial charge on any atom is -0.358 e. The Morgan fingerprint density at radius 2 is 2.24 bits per heavy atom. The summed E-state index contributed by atoms with van der Waals surface area (Å²) in [5, 5.41) is 5.98. The number of hydrogen-bond donors (Lipinski definition) is 2. The molecule has 0 aliphatic carbocycles. The van der Waals surface area contributed by atoms with E-state index in [1.807, 2.05) is 19.2 Å². The molecule has 0 saturated heterocycles. The van der Waals surface area contributed by atoms with Crippen molar-refractivity contribution in [3.63, 3.8) is 0 Å². The number of rotatable bonds is 3. The molecule has 0 unspecified atom stereocenters. The summed E-state index contributed by atoms with van der Waals surface area (Å²) in [6.45, 7) is 3.76. The Morgan fingerprint density at radius 1 is 1.43 bits per heavy atom. The molecule has 0 saturated carbocycles. The predicted octanol–water partition coefficient (Wildman–Crippen LogP) is 3.56. The summed E-state index contributed by atoms with van der Waals surface area (Å²) < 4.78 is 13.4. The lowest BCUT2D eigenvalue weighted by Gasteiger charge is -2.02. The highest BCUT2D eigenvalue weighted by molar-refractivity contribution is 7.13. The minimum absolute atomic E-state index is 0.155. The Morgan fingerprint density at radius 3 is 2.95 bits per heavy atom. The van der Waals surface area contributed by atoms with E-state index in [1.54, 1.807) is 6.07 Å². The number of aromatic nitrogens is 2. The molecule has 4 nitrogen and oxygen atoms in total. The van der Waals surface area contributed by atoms with Crippen LogP contribution in [-0.4, -0.2) is 15.9 Å². The van der Waals surface area contributed by atoms with Gasteiger partial charge in [-0.1, -0.05) is 0 Å². The van der Waals surface area contributed by atoms with Crippen molar-refractivity contribution in [1.82, 2.24) is 9.97 Å². The van der Waals surface area contributed by atoms with Gasteiger partial charge < -0.3 is 10.3 Å². The van der Waals surface area contributed by atoms with E-state index >= 15 is 0 Å². The fraction of sp³-hybridized carbons (Fsp3) is 0.200. The molecule has 0 aliphatic rings. The van der Waals surface area contributed by atoms with E-state index in [1.165, 1.54) is 23.5 Å². The maximum absolute atomic E-state index is 13.4. The molecule has 6 heteroatoms. The van der Waals surface area contributed by atoms with Crippen LogP contribution in [0.15, 0.2) is 23.6 Å². The largest absolute Gasteiger partial charge is 0.358 e. The number of fused-ring (bicyclic) bond motifs is 1. The van der Waals surface area contributed by atoms with Crippen LogP contribution in [0, 0.1) is 19.7 Å². The number of amides is 1. The summed E-state index contributed by atoms with van der Waals surface area (Å²) in [5.41, 5.74) is 3.40. The second-order valence-electron chi connectivity index (χ2n) is 4.94. The van der Waals surface area contributed by atoms with E-state index in [9.17, 15) is 9.18 Å². The summed E-state index contributed by atoms with van der Waals surface area (Å²) >= 11 is 1.39. The number of hydrogen-bond acceptors (Lipinski definition) is 3. The van der Waals surface area contributed by atoms with Crippen LogP contribution < -0.4 is 5.32 Å². The number of nitrogens with one attached hydrogen (secondary N) is 2. The number of carbonyl (C=O) groups is 1. The summed E-state index contributed by atoms with van der Waals surface area (Å²) in [7, 11) is 0. The molecule has 0 bridgehead atoms. The molecule has 0 atom stereocenters. The van der Waals surface area contributed by atoms with Gasteiger partial charge in [-0.3, -0.25) is 4.79 Å². The zero-order valence-corrected chi connectivity index (χ0v) is 12.5. The van der Waals surface area contributed by atoms with E-state index in [2.05, 4.69) is 15.3 Å². The minimum atomic E-state index is -0.307. The molecular formula is C15H14FN3OS. The first-order valence-corrected chi connectivity index (χ1v) is 7.39. The third kappa shape index (κ3) is 2.80. The summed E-state index contributed by atoms with van der Waals surface area (Å²) in [6.07, 6.45) is 0.188. The molecule has 2 heterocycles. The second kappa shape index (κ2) is 5.29. The molecular weight excluding hydrogens is 289 g/mol. The number of H-pyrrole nitrogens is 1. The SMILES string of the molecule is Cc1csc(NC(=O)Cc2c(C)[nH]c3ccc(F)cc23)n1. The predicted molar refractivity (Wildman–Crippen MR) is 82.2 cm³/mol. The van der Waals surface area contributed by atoms with Gasteiger partial charge in [-0.25, -0.2) is 9.37 Å². The van der Waals surface area contributed by atoms with Gasteiger partial charge in [0, 0.05) is 22.0 Å². The maximum atomic E-state index is 13.4. The number of benzene rings is 1. The fourth-order valence-electron chi connectivity index (χ4n) is 2.32. The van der Waals surface area contributed by atoms with Crippen LogP contribution >= 0.6 is 11.3 Å². The topological polar surface area (TPSA) is 57.8 Å². The van der Waals surface area contributed by atoms with Crippen LogP contribution in [0.1, 0.15) is 17.0 Å². The fourth-order valence-corrected chi connectivity index (χ4v) is 3.02. The average molecular weight is 303 g/mol. The van der Waals surface area contributed by atoms with Gasteiger partial charge in [0.1, 0.15) is 5.82 Å². The monoisotopic (exact) mass is 303 g/mol. The van der Waals surface area contributed by atoms with Gasteiger partial charge in [-0.15, -0.1) is 11.3 Å². The van der Waals surface area contributed by atoms with Crippen LogP contribution in [0.5, 0.6) is 0 Å². The van der Waals surface area contributed by atoms with Gasteiger partial charge in [-0.05, 0) is 37.6 Å². The second-order valence-corrected chi connectivity index (χ2v) is 5.80. The highest BCUT2D eigenvalue weighted by Crippen LogP contribution is 2.24. The number of halogens is 1. The molecule has 0 spiro atoms. The molecule has 1 aromatic carbocycles. The van der Waals surface area contributed by atoms with Gasteiger partial charge in [-0.2, -0.15) is 0 Å². The first-order valence-electron chi connectivity index (χ1n) is 6.51. The molecule has 3 aromatic rings. The van der Waals surface area contributed by atoms with Crippen LogP contribution in [0.2, 0.25) is 0 Å². The Balaban J connectivity index is 1.85. The zero-order valence-electron chi connectivity index (χ0n) is 11.7. The number of aromatic amines is 1. The number of anilines is 1. The molecule has 2 N–H and O–H groups in total. The normalized spacial score (nSPS) is 11.0. The first kappa shape index (κ1) is 13.8. The van der Waals surface area contributed by atoms with Gasteiger partial charge in [0.25, 0.3) is 0 Å². The number of thiazole rings is 1. The average Bonchev–Trinajstić information content (AvgIpc) is 2.95. The van der Waals surface area contributed by atoms with E-state index < -0.39 is 0 Å². The Kier molecular flexibility index (Phi) is 3.47. The van der Waals surface area contributed by atoms with Crippen LogP contribution in [0.3, 0.4) is 0 Å². The van der Waals surface area contributed by atoms with Crippen molar-refractivity contribution in [2.75, 3.05) is 5.32 Å². The van der Waals surface area contributed by atoms with Gasteiger partial charge in [0.05, 0.1) is 12.1 Å². The third-order valence-corrected chi connectivity index (χ3v) is 4.16. The van der Waals surface area contributed by atoms with E-state index in [4.69, 9.17) is 0 Å². The van der Waals surface area contributed by atoms with E-state index in [-0.39, 0.29) is 18.1 Å². The van der Waals surface area contributed by atoms with Crippen LogP contribution in [0.25, 0.3) is 10.9 Å². The maximum Gasteiger partial charge on any atom is 0.230 e. The van der Waals surface area contributed by atoms with Crippen LogP contribution in [0.4, 0.5) is 9.52 Å². The van der Waals surface area contributed by atoms with Gasteiger partial charge >= 0.3 is 0 Å². The summed E-state index contributed by atoms with van der Waals surface area (Å²) in [6, 6.07) is 4.54. The molecule has 2 aromatic heterocycles. The highest BCUT2D eigenvalue weighted by Gasteiger charge is 2.14. The van der Waals surface area contributed by atoms with Crippen molar-refractivity contribution >= 4 is 33.3 Å². The third-order valence-electron chi connectivity index (χ3n) is 3.28. The molecule has 21 heavy (non-hydrogen) atoms. The van der Waals surface area contributed by atoms with Crippen molar-refractivity contribution in [1.29, 1.82) is 0 Å². The highest BCUT2D eigenvalue weighted by atomic mass is 32.1. The number of carbonyl (C=O) groups excluding carboxylic acids is 1. The molecule has 1 amide bonds. The van der Waals surface area contributed by atoms with Crippen molar-refractivity contribution in [3.8, 4) is 0 Å². The van der Waals surface area contributed by atoms with Crippen molar-refractivity contribution in [2.45, 2.75) is 20.3 Å². The molecule has 3 rings (SSSR count). The molecule has 0 aliphatic heterocycles. The van der Waals surface area contributed by atoms with Gasteiger partial charge in [0.15, 0.2) is 5.13 Å². The Hall–Kier alpha value is -2.21. The van der Waals surface area contributed by atoms with E-state index in [0.717, 1.165) is 27.9 Å². The van der Waals surface area contributed by atoms with Crippen molar-refractivity contribution in [2.24, 2.45) is 0 Å².